The third-order valence-corrected chi connectivity index (χ3v) is 4.06. The lowest BCUT2D eigenvalue weighted by Crippen LogP contribution is -2.10. The molecule has 29 heavy (non-hydrogen) atoms. The second-order valence-electron chi connectivity index (χ2n) is 6.09. The summed E-state index contributed by atoms with van der Waals surface area (Å²) in [5.74, 6) is -0.631. The Hall–Kier alpha value is -3.73. The molecular formula is C24H19FO4. The van der Waals surface area contributed by atoms with E-state index in [4.69, 9.17) is 9.47 Å². The molecule has 0 saturated heterocycles. The summed E-state index contributed by atoms with van der Waals surface area (Å²) in [4.78, 5) is 24.3. The van der Waals surface area contributed by atoms with Gasteiger partial charge in [0.25, 0.3) is 0 Å². The zero-order chi connectivity index (χ0) is 20.6. The fourth-order valence-corrected chi connectivity index (χ4v) is 2.59. The van der Waals surface area contributed by atoms with Crippen molar-refractivity contribution in [2.24, 2.45) is 0 Å². The van der Waals surface area contributed by atoms with E-state index in [2.05, 4.69) is 0 Å². The first-order chi connectivity index (χ1) is 14.1. The van der Waals surface area contributed by atoms with E-state index in [0.717, 1.165) is 11.3 Å². The van der Waals surface area contributed by atoms with Crippen molar-refractivity contribution in [1.29, 1.82) is 0 Å². The van der Waals surface area contributed by atoms with Crippen LogP contribution < -0.4 is 9.47 Å². The Kier molecular flexibility index (Phi) is 6.53. The number of benzene rings is 3. The molecule has 0 aromatic heterocycles. The number of ether oxygens (including phenoxy) is 2. The molecule has 146 valence electrons. The van der Waals surface area contributed by atoms with Crippen molar-refractivity contribution in [2.75, 3.05) is 6.61 Å². The van der Waals surface area contributed by atoms with Crippen molar-refractivity contribution < 1.29 is 23.5 Å². The quantitative estimate of drug-likeness (QED) is 0.236. The number of hydrogen-bond donors (Lipinski definition) is 0. The highest BCUT2D eigenvalue weighted by Gasteiger charge is 2.13. The topological polar surface area (TPSA) is 52.6 Å². The summed E-state index contributed by atoms with van der Waals surface area (Å²) in [6.07, 6.45) is 3.18. The molecule has 3 aromatic carbocycles. The summed E-state index contributed by atoms with van der Waals surface area (Å²) in [5, 5.41) is 0. The van der Waals surface area contributed by atoms with Gasteiger partial charge in [0.05, 0.1) is 12.2 Å². The molecule has 0 bridgehead atoms. The van der Waals surface area contributed by atoms with Crippen LogP contribution >= 0.6 is 0 Å². The number of hydrogen-bond acceptors (Lipinski definition) is 4. The number of allylic oxidation sites excluding steroid dienone is 1. The zero-order valence-electron chi connectivity index (χ0n) is 15.8. The SMILES string of the molecule is CCOc1ccc(/C=C/C(=O)c2ccc(OC(=O)c3ccccc3F)cc2)cc1. The molecule has 0 unspecified atom stereocenters. The van der Waals surface area contributed by atoms with Crippen LogP contribution in [0, 0.1) is 5.82 Å². The van der Waals surface area contributed by atoms with E-state index in [0.29, 0.717) is 12.2 Å². The van der Waals surface area contributed by atoms with Gasteiger partial charge in [-0.15, -0.1) is 0 Å². The van der Waals surface area contributed by atoms with Gasteiger partial charge in [0.15, 0.2) is 5.78 Å². The molecular weight excluding hydrogens is 371 g/mol. The first-order valence-electron chi connectivity index (χ1n) is 9.09. The lowest BCUT2D eigenvalue weighted by molar-refractivity contribution is 0.0730. The van der Waals surface area contributed by atoms with E-state index in [1.54, 1.807) is 24.3 Å². The first kappa shape index (κ1) is 20.0. The maximum Gasteiger partial charge on any atom is 0.346 e. The summed E-state index contributed by atoms with van der Waals surface area (Å²) in [7, 11) is 0. The van der Waals surface area contributed by atoms with Crippen LogP contribution in [0.25, 0.3) is 6.08 Å². The molecule has 0 aliphatic carbocycles. The van der Waals surface area contributed by atoms with Gasteiger partial charge in [0.2, 0.25) is 0 Å². The monoisotopic (exact) mass is 390 g/mol. The fourth-order valence-electron chi connectivity index (χ4n) is 2.59. The average molecular weight is 390 g/mol. The fraction of sp³-hybridized carbons (Fsp3) is 0.0833. The molecule has 0 amide bonds. The third kappa shape index (κ3) is 5.39. The molecule has 0 N–H and O–H groups in total. The van der Waals surface area contributed by atoms with Crippen LogP contribution in [0.3, 0.4) is 0 Å². The molecule has 0 aliphatic heterocycles. The molecule has 0 radical (unpaired) electrons. The highest BCUT2D eigenvalue weighted by molar-refractivity contribution is 6.06. The Balaban J connectivity index is 1.62. The Labute approximate surface area is 168 Å². The average Bonchev–Trinajstić information content (AvgIpc) is 2.74. The first-order valence-corrected chi connectivity index (χ1v) is 9.09. The van der Waals surface area contributed by atoms with Gasteiger partial charge in [-0.25, -0.2) is 9.18 Å². The Morgan fingerprint density at radius 2 is 1.55 bits per heavy atom. The van der Waals surface area contributed by atoms with Gasteiger partial charge in [-0.3, -0.25) is 4.79 Å². The Morgan fingerprint density at radius 3 is 2.21 bits per heavy atom. The highest BCUT2D eigenvalue weighted by atomic mass is 19.1. The van der Waals surface area contributed by atoms with Crippen molar-refractivity contribution in [1.82, 2.24) is 0 Å². The maximum absolute atomic E-state index is 13.6. The van der Waals surface area contributed by atoms with Crippen molar-refractivity contribution in [3.05, 3.63) is 101 Å². The standard InChI is InChI=1S/C24H19FO4/c1-2-28-19-12-7-17(8-13-19)9-16-23(26)18-10-14-20(15-11-18)29-24(27)21-5-3-4-6-22(21)25/h3-16H,2H2,1H3/b16-9+. The molecule has 0 saturated carbocycles. The molecule has 0 aliphatic rings. The number of halogens is 1. The van der Waals surface area contributed by atoms with Crippen LogP contribution in [-0.4, -0.2) is 18.4 Å². The molecule has 5 heteroatoms. The predicted molar refractivity (Wildman–Crippen MR) is 109 cm³/mol. The molecule has 3 aromatic rings. The molecule has 4 nitrogen and oxygen atoms in total. The van der Waals surface area contributed by atoms with Crippen LogP contribution in [0.4, 0.5) is 4.39 Å². The van der Waals surface area contributed by atoms with Crippen LogP contribution in [0.1, 0.15) is 33.2 Å². The van der Waals surface area contributed by atoms with Gasteiger partial charge in [0.1, 0.15) is 17.3 Å². The van der Waals surface area contributed by atoms with E-state index in [9.17, 15) is 14.0 Å². The van der Waals surface area contributed by atoms with Crippen LogP contribution in [0.2, 0.25) is 0 Å². The van der Waals surface area contributed by atoms with Gasteiger partial charge in [-0.1, -0.05) is 30.3 Å². The number of carbonyl (C=O) groups is 2. The minimum absolute atomic E-state index is 0.147. The Bertz CT molecular complexity index is 1020. The van der Waals surface area contributed by atoms with Crippen LogP contribution in [-0.2, 0) is 0 Å². The van der Waals surface area contributed by atoms with E-state index in [-0.39, 0.29) is 17.1 Å². The maximum atomic E-state index is 13.6. The van der Waals surface area contributed by atoms with Crippen molar-refractivity contribution in [3.8, 4) is 11.5 Å². The second kappa shape index (κ2) is 9.46. The second-order valence-corrected chi connectivity index (χ2v) is 6.09. The lowest BCUT2D eigenvalue weighted by Gasteiger charge is -2.05. The van der Waals surface area contributed by atoms with Gasteiger partial charge in [0, 0.05) is 5.56 Å². The van der Waals surface area contributed by atoms with Gasteiger partial charge in [-0.2, -0.15) is 0 Å². The summed E-state index contributed by atoms with van der Waals surface area (Å²) in [6.45, 7) is 2.51. The zero-order valence-corrected chi connectivity index (χ0v) is 15.8. The van der Waals surface area contributed by atoms with E-state index in [1.165, 1.54) is 36.4 Å². The number of esters is 1. The normalized spacial score (nSPS) is 10.7. The molecule has 0 fully saturated rings. The van der Waals surface area contributed by atoms with Gasteiger partial charge < -0.3 is 9.47 Å². The smallest absolute Gasteiger partial charge is 0.346 e. The third-order valence-electron chi connectivity index (χ3n) is 4.06. The number of rotatable bonds is 7. The largest absolute Gasteiger partial charge is 0.494 e. The lowest BCUT2D eigenvalue weighted by atomic mass is 10.1. The van der Waals surface area contributed by atoms with Gasteiger partial charge in [-0.05, 0) is 67.1 Å². The van der Waals surface area contributed by atoms with Crippen molar-refractivity contribution >= 4 is 17.8 Å². The Morgan fingerprint density at radius 1 is 0.897 bits per heavy atom. The molecule has 0 spiro atoms. The van der Waals surface area contributed by atoms with Crippen LogP contribution in [0.15, 0.2) is 78.9 Å². The predicted octanol–water partition coefficient (Wildman–Crippen LogP) is 5.34. The van der Waals surface area contributed by atoms with E-state index < -0.39 is 11.8 Å². The number of ketones is 1. The molecule has 0 atom stereocenters. The van der Waals surface area contributed by atoms with Crippen LogP contribution in [0.5, 0.6) is 11.5 Å². The van der Waals surface area contributed by atoms with E-state index >= 15 is 0 Å². The minimum atomic E-state index is -0.794. The summed E-state index contributed by atoms with van der Waals surface area (Å²) >= 11 is 0. The van der Waals surface area contributed by atoms with Gasteiger partial charge >= 0.3 is 5.97 Å². The van der Waals surface area contributed by atoms with E-state index in [1.807, 2.05) is 31.2 Å². The summed E-state index contributed by atoms with van der Waals surface area (Å²) < 4.78 is 24.2. The highest BCUT2D eigenvalue weighted by Crippen LogP contribution is 2.17. The van der Waals surface area contributed by atoms with Crippen molar-refractivity contribution in [3.63, 3.8) is 0 Å². The van der Waals surface area contributed by atoms with Crippen molar-refractivity contribution in [2.45, 2.75) is 6.92 Å². The number of carbonyl (C=O) groups excluding carboxylic acids is 2. The molecule has 3 rings (SSSR count). The summed E-state index contributed by atoms with van der Waals surface area (Å²) in [6, 6.07) is 19.1. The molecule has 0 heterocycles. The minimum Gasteiger partial charge on any atom is -0.494 e. The summed E-state index contributed by atoms with van der Waals surface area (Å²) in [5.41, 5.74) is 1.17.